The van der Waals surface area contributed by atoms with E-state index < -0.39 is 10.0 Å². The number of carbonyl (C=O) groups excluding carboxylic acids is 2. The molecule has 4 rings (SSSR count). The van der Waals surface area contributed by atoms with Crippen molar-refractivity contribution in [2.24, 2.45) is 5.92 Å². The molecule has 2 fully saturated rings. The van der Waals surface area contributed by atoms with Gasteiger partial charge in [0.15, 0.2) is 0 Å². The minimum atomic E-state index is -3.50. The number of aryl methyl sites for hydroxylation is 1. The van der Waals surface area contributed by atoms with Crippen LogP contribution in [0.3, 0.4) is 0 Å². The first-order chi connectivity index (χ1) is 15.8. The van der Waals surface area contributed by atoms with Crippen molar-refractivity contribution in [1.29, 1.82) is 0 Å². The number of sulfonamides is 1. The Morgan fingerprint density at radius 1 is 0.879 bits per heavy atom. The molecular formula is C25H31N3O4S. The average Bonchev–Trinajstić information content (AvgIpc) is 2.85. The molecule has 0 aromatic heterocycles. The second-order valence-electron chi connectivity index (χ2n) is 8.93. The summed E-state index contributed by atoms with van der Waals surface area (Å²) in [4.78, 5) is 27.7. The van der Waals surface area contributed by atoms with Crippen molar-refractivity contribution in [3.8, 4) is 0 Å². The highest BCUT2D eigenvalue weighted by molar-refractivity contribution is 7.89. The van der Waals surface area contributed by atoms with Crippen LogP contribution in [-0.2, 0) is 14.8 Å². The molecule has 2 aromatic carbocycles. The maximum Gasteiger partial charge on any atom is 0.253 e. The summed E-state index contributed by atoms with van der Waals surface area (Å²) in [6.07, 6.45) is 4.32. The number of amides is 2. The van der Waals surface area contributed by atoms with E-state index in [1.54, 1.807) is 29.2 Å². The molecule has 0 radical (unpaired) electrons. The van der Waals surface area contributed by atoms with Gasteiger partial charge in [-0.05, 0) is 69.0 Å². The quantitative estimate of drug-likeness (QED) is 0.724. The second kappa shape index (κ2) is 10.1. The largest absolute Gasteiger partial charge is 0.338 e. The maximum absolute atomic E-state index is 12.9. The van der Waals surface area contributed by atoms with Crippen LogP contribution in [0.25, 0.3) is 0 Å². The third-order valence-electron chi connectivity index (χ3n) is 6.45. The number of nitrogens with one attached hydrogen (secondary N) is 1. The first-order valence-electron chi connectivity index (χ1n) is 11.6. The predicted molar refractivity (Wildman–Crippen MR) is 127 cm³/mol. The molecule has 2 saturated heterocycles. The van der Waals surface area contributed by atoms with Crippen LogP contribution in [0.15, 0.2) is 53.4 Å². The minimum Gasteiger partial charge on any atom is -0.338 e. The molecule has 33 heavy (non-hydrogen) atoms. The topological polar surface area (TPSA) is 86.8 Å². The smallest absolute Gasteiger partial charge is 0.253 e. The molecule has 0 spiro atoms. The van der Waals surface area contributed by atoms with E-state index in [0.717, 1.165) is 31.2 Å². The lowest BCUT2D eigenvalue weighted by Crippen LogP contribution is -2.43. The number of rotatable bonds is 5. The van der Waals surface area contributed by atoms with Crippen molar-refractivity contribution in [3.63, 3.8) is 0 Å². The van der Waals surface area contributed by atoms with Crippen molar-refractivity contribution in [2.45, 2.75) is 43.9 Å². The fourth-order valence-corrected chi connectivity index (χ4v) is 5.98. The van der Waals surface area contributed by atoms with E-state index in [-0.39, 0.29) is 22.6 Å². The number of likely N-dealkylation sites (tertiary alicyclic amines) is 1. The van der Waals surface area contributed by atoms with Gasteiger partial charge in [-0.25, -0.2) is 8.42 Å². The predicted octanol–water partition coefficient (Wildman–Crippen LogP) is 3.66. The number of carbonyl (C=O) groups is 2. The van der Waals surface area contributed by atoms with Crippen LogP contribution in [0.5, 0.6) is 0 Å². The first-order valence-corrected chi connectivity index (χ1v) is 13.1. The number of hydrogen-bond acceptors (Lipinski definition) is 4. The second-order valence-corrected chi connectivity index (χ2v) is 10.9. The highest BCUT2D eigenvalue weighted by atomic mass is 32.2. The van der Waals surface area contributed by atoms with E-state index in [9.17, 15) is 18.0 Å². The van der Waals surface area contributed by atoms with Gasteiger partial charge >= 0.3 is 0 Å². The van der Waals surface area contributed by atoms with Crippen LogP contribution in [-0.4, -0.2) is 55.6 Å². The van der Waals surface area contributed by atoms with Crippen LogP contribution < -0.4 is 5.32 Å². The van der Waals surface area contributed by atoms with Gasteiger partial charge in [0.25, 0.3) is 5.91 Å². The Morgan fingerprint density at radius 2 is 1.55 bits per heavy atom. The molecular weight excluding hydrogens is 438 g/mol. The zero-order valence-corrected chi connectivity index (χ0v) is 19.8. The van der Waals surface area contributed by atoms with E-state index >= 15 is 0 Å². The van der Waals surface area contributed by atoms with E-state index in [2.05, 4.69) is 5.32 Å². The molecule has 2 aliphatic heterocycles. The van der Waals surface area contributed by atoms with Gasteiger partial charge in [-0.3, -0.25) is 9.59 Å². The van der Waals surface area contributed by atoms with Crippen molar-refractivity contribution < 1.29 is 18.0 Å². The summed E-state index contributed by atoms with van der Waals surface area (Å²) < 4.78 is 27.1. The Labute approximate surface area is 195 Å². The van der Waals surface area contributed by atoms with Gasteiger partial charge in [-0.15, -0.1) is 0 Å². The summed E-state index contributed by atoms with van der Waals surface area (Å²) in [6.45, 7) is 4.10. The zero-order valence-electron chi connectivity index (χ0n) is 19.0. The molecule has 0 saturated carbocycles. The highest BCUT2D eigenvalue weighted by Crippen LogP contribution is 2.24. The lowest BCUT2D eigenvalue weighted by atomic mass is 9.96. The van der Waals surface area contributed by atoms with Gasteiger partial charge in [-0.2, -0.15) is 4.31 Å². The normalized spacial score (nSPS) is 19.8. The number of nitrogens with zero attached hydrogens (tertiary/aromatic N) is 2. The van der Waals surface area contributed by atoms with Crippen LogP contribution in [0.4, 0.5) is 5.69 Å². The standard InChI is InChI=1S/C25H31N3O4S/c1-19-7-9-20(10-8-19)25(30)27-15-5-6-21(18-27)24(29)26-22-11-13-23(14-12-22)33(31,32)28-16-3-2-4-17-28/h7-14,21H,2-6,15-18H2,1H3,(H,26,29). The molecule has 1 unspecified atom stereocenters. The number of anilines is 1. The van der Waals surface area contributed by atoms with Crippen molar-refractivity contribution in [1.82, 2.24) is 9.21 Å². The van der Waals surface area contributed by atoms with Crippen LogP contribution in [0, 0.1) is 12.8 Å². The Bertz CT molecular complexity index is 1090. The molecule has 2 heterocycles. The molecule has 2 aliphatic rings. The molecule has 176 valence electrons. The summed E-state index contributed by atoms with van der Waals surface area (Å²) in [5, 5.41) is 2.89. The summed E-state index contributed by atoms with van der Waals surface area (Å²) in [5.41, 5.74) is 2.28. The summed E-state index contributed by atoms with van der Waals surface area (Å²) >= 11 is 0. The molecule has 2 amide bonds. The maximum atomic E-state index is 12.9. The minimum absolute atomic E-state index is 0.0558. The van der Waals surface area contributed by atoms with Crippen molar-refractivity contribution in [2.75, 3.05) is 31.5 Å². The lowest BCUT2D eigenvalue weighted by molar-refractivity contribution is -0.121. The van der Waals surface area contributed by atoms with Crippen LogP contribution in [0.2, 0.25) is 0 Å². The molecule has 0 aliphatic carbocycles. The van der Waals surface area contributed by atoms with Gasteiger partial charge in [0.1, 0.15) is 0 Å². The highest BCUT2D eigenvalue weighted by Gasteiger charge is 2.29. The zero-order chi connectivity index (χ0) is 23.4. The summed E-state index contributed by atoms with van der Waals surface area (Å²) in [5.74, 6) is -0.507. The van der Waals surface area contributed by atoms with Gasteiger partial charge in [0.2, 0.25) is 15.9 Å². The van der Waals surface area contributed by atoms with Crippen molar-refractivity contribution >= 4 is 27.5 Å². The number of benzene rings is 2. The first kappa shape index (κ1) is 23.4. The monoisotopic (exact) mass is 469 g/mol. The van der Waals surface area contributed by atoms with Gasteiger partial charge < -0.3 is 10.2 Å². The van der Waals surface area contributed by atoms with Crippen molar-refractivity contribution in [3.05, 3.63) is 59.7 Å². The Morgan fingerprint density at radius 3 is 2.21 bits per heavy atom. The Balaban J connectivity index is 1.37. The fourth-order valence-electron chi connectivity index (χ4n) is 4.46. The number of hydrogen-bond donors (Lipinski definition) is 1. The molecule has 7 nitrogen and oxygen atoms in total. The van der Waals surface area contributed by atoms with E-state index in [4.69, 9.17) is 0 Å². The third kappa shape index (κ3) is 5.45. The lowest BCUT2D eigenvalue weighted by Gasteiger charge is -2.32. The summed E-state index contributed by atoms with van der Waals surface area (Å²) in [7, 11) is -3.50. The fraction of sp³-hybridized carbons (Fsp3) is 0.440. The van der Waals surface area contributed by atoms with Crippen LogP contribution in [0.1, 0.15) is 48.0 Å². The van der Waals surface area contributed by atoms with E-state index in [0.29, 0.717) is 43.9 Å². The summed E-state index contributed by atoms with van der Waals surface area (Å²) in [6, 6.07) is 13.8. The molecule has 1 atom stereocenters. The molecule has 1 N–H and O–H groups in total. The number of piperidine rings is 2. The van der Waals surface area contributed by atoms with Crippen LogP contribution >= 0.6 is 0 Å². The Kier molecular flexibility index (Phi) is 7.14. The Hall–Kier alpha value is -2.71. The average molecular weight is 470 g/mol. The van der Waals surface area contributed by atoms with Gasteiger partial charge in [0.05, 0.1) is 10.8 Å². The SMILES string of the molecule is Cc1ccc(C(=O)N2CCCC(C(=O)Nc3ccc(S(=O)(=O)N4CCCCC4)cc3)C2)cc1. The third-order valence-corrected chi connectivity index (χ3v) is 8.37. The van der Waals surface area contributed by atoms with E-state index in [1.807, 2.05) is 31.2 Å². The van der Waals surface area contributed by atoms with Gasteiger partial charge in [0, 0.05) is 37.4 Å². The van der Waals surface area contributed by atoms with Gasteiger partial charge in [-0.1, -0.05) is 24.1 Å². The molecule has 0 bridgehead atoms. The molecule has 2 aromatic rings. The van der Waals surface area contributed by atoms with E-state index in [1.165, 1.54) is 4.31 Å². The molecule has 8 heteroatoms.